The quantitative estimate of drug-likeness (QED) is 0.769. The number of aryl methyl sites for hydroxylation is 3. The molecular weight excluding hydrogens is 208 g/mol. The molecule has 0 saturated carbocycles. The largest absolute Gasteiger partial charge is 0.358 e. The van der Waals surface area contributed by atoms with E-state index in [1.807, 2.05) is 0 Å². The molecule has 0 saturated heterocycles. The third kappa shape index (κ3) is 1.51. The molecule has 0 spiro atoms. The van der Waals surface area contributed by atoms with E-state index in [0.717, 1.165) is 0 Å². The lowest BCUT2D eigenvalue weighted by atomic mass is 9.90. The van der Waals surface area contributed by atoms with Crippen molar-refractivity contribution in [3.63, 3.8) is 0 Å². The Bertz CT molecular complexity index is 566. The molecular formula is C15H20N2. The Labute approximate surface area is 102 Å². The summed E-state index contributed by atoms with van der Waals surface area (Å²) < 4.78 is 0. The van der Waals surface area contributed by atoms with Gasteiger partial charge in [0, 0.05) is 22.6 Å². The van der Waals surface area contributed by atoms with Gasteiger partial charge in [-0.15, -0.1) is 0 Å². The number of aromatic nitrogens is 1. The molecule has 0 radical (unpaired) electrons. The maximum atomic E-state index is 3.65. The Balaban J connectivity index is 2.31. The molecule has 1 unspecified atom stereocenters. The summed E-state index contributed by atoms with van der Waals surface area (Å²) in [5.41, 5.74) is 7.07. The summed E-state index contributed by atoms with van der Waals surface area (Å²) in [5, 5.41) is 4.87. The van der Waals surface area contributed by atoms with Gasteiger partial charge in [0.2, 0.25) is 0 Å². The van der Waals surface area contributed by atoms with Crippen LogP contribution >= 0.6 is 0 Å². The highest BCUT2D eigenvalue weighted by Crippen LogP contribution is 2.36. The summed E-state index contributed by atoms with van der Waals surface area (Å²) in [7, 11) is 2.07. The first-order valence-corrected chi connectivity index (χ1v) is 6.50. The minimum absolute atomic E-state index is 0.523. The summed E-state index contributed by atoms with van der Waals surface area (Å²) in [6.07, 6.45) is 3.73. The zero-order valence-electron chi connectivity index (χ0n) is 10.9. The second kappa shape index (κ2) is 3.88. The van der Waals surface area contributed by atoms with Crippen LogP contribution in [0.3, 0.4) is 0 Å². The first kappa shape index (κ1) is 10.8. The highest BCUT2D eigenvalue weighted by molar-refractivity contribution is 5.88. The van der Waals surface area contributed by atoms with E-state index in [1.165, 1.54) is 52.5 Å². The fourth-order valence-electron chi connectivity index (χ4n) is 3.09. The van der Waals surface area contributed by atoms with E-state index in [0.29, 0.717) is 6.04 Å². The standard InChI is InChI=1S/C15H20N2/c1-9-7-8-11-14-12(16-3)5-4-6-13(14)17-15(11)10(9)2/h7-8,12,16-17H,4-6H2,1-3H3. The topological polar surface area (TPSA) is 27.8 Å². The van der Waals surface area contributed by atoms with Gasteiger partial charge < -0.3 is 10.3 Å². The SMILES string of the molecule is CNC1CCCc2[nH]c3c(C)c(C)ccc3c21. The molecule has 1 aliphatic rings. The van der Waals surface area contributed by atoms with E-state index in [1.54, 1.807) is 0 Å². The molecule has 1 atom stereocenters. The van der Waals surface area contributed by atoms with E-state index < -0.39 is 0 Å². The van der Waals surface area contributed by atoms with Crippen LogP contribution in [0.5, 0.6) is 0 Å². The highest BCUT2D eigenvalue weighted by atomic mass is 14.9. The predicted octanol–water partition coefficient (Wildman–Crippen LogP) is 3.38. The minimum Gasteiger partial charge on any atom is -0.358 e. The molecule has 2 heteroatoms. The number of rotatable bonds is 1. The van der Waals surface area contributed by atoms with Crippen LogP contribution in [-0.4, -0.2) is 12.0 Å². The van der Waals surface area contributed by atoms with Crippen molar-refractivity contribution < 1.29 is 0 Å². The second-order valence-corrected chi connectivity index (χ2v) is 5.18. The van der Waals surface area contributed by atoms with Crippen molar-refractivity contribution in [2.45, 2.75) is 39.2 Å². The molecule has 3 rings (SSSR count). The second-order valence-electron chi connectivity index (χ2n) is 5.18. The summed E-state index contributed by atoms with van der Waals surface area (Å²) in [6.45, 7) is 4.40. The number of hydrogen-bond acceptors (Lipinski definition) is 1. The molecule has 1 heterocycles. The fraction of sp³-hybridized carbons (Fsp3) is 0.467. The zero-order chi connectivity index (χ0) is 12.0. The van der Waals surface area contributed by atoms with Gasteiger partial charge in [-0.2, -0.15) is 0 Å². The Morgan fingerprint density at radius 3 is 2.88 bits per heavy atom. The molecule has 1 aromatic carbocycles. The van der Waals surface area contributed by atoms with Gasteiger partial charge in [-0.3, -0.25) is 0 Å². The van der Waals surface area contributed by atoms with E-state index in [-0.39, 0.29) is 0 Å². The van der Waals surface area contributed by atoms with Crippen molar-refractivity contribution in [1.82, 2.24) is 10.3 Å². The van der Waals surface area contributed by atoms with Crippen molar-refractivity contribution in [3.05, 3.63) is 34.5 Å². The lowest BCUT2D eigenvalue weighted by Crippen LogP contribution is -2.20. The lowest BCUT2D eigenvalue weighted by molar-refractivity contribution is 0.497. The number of H-pyrrole nitrogens is 1. The minimum atomic E-state index is 0.523. The van der Waals surface area contributed by atoms with E-state index in [4.69, 9.17) is 0 Å². The molecule has 2 N–H and O–H groups in total. The molecule has 90 valence electrons. The molecule has 0 fully saturated rings. The van der Waals surface area contributed by atoms with E-state index in [9.17, 15) is 0 Å². The van der Waals surface area contributed by atoms with Gasteiger partial charge in [0.25, 0.3) is 0 Å². The van der Waals surface area contributed by atoms with Crippen molar-refractivity contribution in [3.8, 4) is 0 Å². The van der Waals surface area contributed by atoms with Crippen molar-refractivity contribution in [2.75, 3.05) is 7.05 Å². The van der Waals surface area contributed by atoms with Crippen LogP contribution < -0.4 is 5.32 Å². The summed E-state index contributed by atoms with van der Waals surface area (Å²) in [4.78, 5) is 3.65. The maximum absolute atomic E-state index is 3.65. The zero-order valence-corrected chi connectivity index (χ0v) is 10.9. The molecule has 1 aliphatic carbocycles. The van der Waals surface area contributed by atoms with Crippen LogP contribution in [0.4, 0.5) is 0 Å². The first-order valence-electron chi connectivity index (χ1n) is 6.50. The van der Waals surface area contributed by atoms with Crippen LogP contribution in [0.15, 0.2) is 12.1 Å². The normalized spacial score (nSPS) is 19.6. The van der Waals surface area contributed by atoms with Crippen molar-refractivity contribution >= 4 is 10.9 Å². The molecule has 0 amide bonds. The average Bonchev–Trinajstić information content (AvgIpc) is 2.73. The van der Waals surface area contributed by atoms with Crippen LogP contribution in [0.25, 0.3) is 10.9 Å². The molecule has 2 nitrogen and oxygen atoms in total. The Hall–Kier alpha value is -1.28. The monoisotopic (exact) mass is 228 g/mol. The predicted molar refractivity (Wildman–Crippen MR) is 72.5 cm³/mol. The third-order valence-electron chi connectivity index (χ3n) is 4.24. The van der Waals surface area contributed by atoms with Crippen LogP contribution in [0.1, 0.15) is 41.3 Å². The van der Waals surface area contributed by atoms with Gasteiger partial charge in [0.15, 0.2) is 0 Å². The van der Waals surface area contributed by atoms with Gasteiger partial charge in [-0.05, 0) is 56.8 Å². The van der Waals surface area contributed by atoms with Gasteiger partial charge >= 0.3 is 0 Å². The summed E-state index contributed by atoms with van der Waals surface area (Å²) >= 11 is 0. The van der Waals surface area contributed by atoms with Gasteiger partial charge in [0.05, 0.1) is 0 Å². The lowest BCUT2D eigenvalue weighted by Gasteiger charge is -2.22. The Kier molecular flexibility index (Phi) is 2.48. The highest BCUT2D eigenvalue weighted by Gasteiger charge is 2.23. The van der Waals surface area contributed by atoms with Gasteiger partial charge in [0.1, 0.15) is 0 Å². The Morgan fingerprint density at radius 1 is 1.29 bits per heavy atom. The fourth-order valence-corrected chi connectivity index (χ4v) is 3.09. The van der Waals surface area contributed by atoms with Crippen LogP contribution in [0.2, 0.25) is 0 Å². The molecule has 17 heavy (non-hydrogen) atoms. The summed E-state index contributed by atoms with van der Waals surface area (Å²) in [5.74, 6) is 0. The first-order chi connectivity index (χ1) is 8.22. The number of nitrogens with one attached hydrogen (secondary N) is 2. The number of aromatic amines is 1. The molecule has 2 aromatic rings. The number of benzene rings is 1. The smallest absolute Gasteiger partial charge is 0.0491 e. The van der Waals surface area contributed by atoms with E-state index in [2.05, 4.69) is 43.3 Å². The third-order valence-corrected chi connectivity index (χ3v) is 4.24. The Morgan fingerprint density at radius 2 is 2.12 bits per heavy atom. The van der Waals surface area contributed by atoms with Crippen molar-refractivity contribution in [2.24, 2.45) is 0 Å². The average molecular weight is 228 g/mol. The number of hydrogen-bond donors (Lipinski definition) is 2. The van der Waals surface area contributed by atoms with E-state index >= 15 is 0 Å². The maximum Gasteiger partial charge on any atom is 0.0491 e. The van der Waals surface area contributed by atoms with Crippen molar-refractivity contribution in [1.29, 1.82) is 0 Å². The number of fused-ring (bicyclic) bond motifs is 3. The van der Waals surface area contributed by atoms with Crippen LogP contribution in [-0.2, 0) is 6.42 Å². The molecule has 1 aromatic heterocycles. The molecule has 0 bridgehead atoms. The summed E-state index contributed by atoms with van der Waals surface area (Å²) in [6, 6.07) is 5.05. The van der Waals surface area contributed by atoms with Gasteiger partial charge in [-0.1, -0.05) is 12.1 Å². The van der Waals surface area contributed by atoms with Gasteiger partial charge in [-0.25, -0.2) is 0 Å². The molecule has 0 aliphatic heterocycles. The van der Waals surface area contributed by atoms with Crippen LogP contribution in [0, 0.1) is 13.8 Å².